The Morgan fingerprint density at radius 3 is 1.37 bits per heavy atom. The van der Waals surface area contributed by atoms with Gasteiger partial charge in [0.2, 0.25) is 5.75 Å². The van der Waals surface area contributed by atoms with E-state index in [2.05, 4.69) is 121 Å². The van der Waals surface area contributed by atoms with Gasteiger partial charge in [-0.3, -0.25) is 15.1 Å². The van der Waals surface area contributed by atoms with Crippen molar-refractivity contribution in [1.82, 2.24) is 0 Å². The molecule has 374 valence electrons. The minimum atomic E-state index is -1.81. The highest BCUT2D eigenvalue weighted by Gasteiger charge is 2.45. The molecule has 0 aliphatic carbocycles. The standard InChI is InChI=1S/C60H88N2O6/c1-15-17-19-21-23-28-35-67-54-47(56(3,4)5)38-45(39-48(54)57(6,7)8)60(64,52(37-43-31-26-25-27-32-43)61-42-44-33-30-34-51(53(44)63)62(65)66)46-40-49(58(9,10)11)55(50(41-46)59(12,13)14)68-36-29-24-22-20-18-16-2/h25-27,30-34,38-42,52,63-64H,15-24,28-29,35-37H2,1-14H3. The molecule has 8 heteroatoms. The van der Waals surface area contributed by atoms with Crippen LogP contribution >= 0.6 is 0 Å². The van der Waals surface area contributed by atoms with Crippen LogP contribution in [0.1, 0.15) is 218 Å². The summed E-state index contributed by atoms with van der Waals surface area (Å²) in [6.45, 7) is 32.1. The minimum absolute atomic E-state index is 0.188. The molecule has 1 unspecified atom stereocenters. The van der Waals surface area contributed by atoms with Gasteiger partial charge >= 0.3 is 5.69 Å². The summed E-state index contributed by atoms with van der Waals surface area (Å²) in [5, 5.41) is 37.8. The van der Waals surface area contributed by atoms with Crippen molar-refractivity contribution >= 4 is 11.9 Å². The molecule has 0 heterocycles. The number of nitro benzene ring substituents is 1. The van der Waals surface area contributed by atoms with Crippen molar-refractivity contribution in [3.8, 4) is 17.2 Å². The number of benzene rings is 4. The van der Waals surface area contributed by atoms with E-state index >= 15 is 0 Å². The molecule has 0 fully saturated rings. The van der Waals surface area contributed by atoms with E-state index in [4.69, 9.17) is 14.5 Å². The number of phenolic OH excluding ortho intramolecular Hbond substituents is 1. The highest BCUT2D eigenvalue weighted by molar-refractivity contribution is 5.86. The van der Waals surface area contributed by atoms with Gasteiger partial charge in [0.15, 0.2) is 0 Å². The number of aromatic hydroxyl groups is 1. The van der Waals surface area contributed by atoms with E-state index < -0.39 is 28.0 Å². The SMILES string of the molecule is CCCCCCCCOc1c(C(C)(C)C)cc(C(O)(c2cc(C(C)(C)C)c(OCCCCCCCC)c(C(C)(C)C)c2)C(Cc2ccccc2)N=Cc2cccc([N+](=O)[O-])c2O)cc1C(C)(C)C. The van der Waals surface area contributed by atoms with Crippen LogP contribution in [0.15, 0.2) is 77.8 Å². The topological polar surface area (TPSA) is 114 Å². The predicted octanol–water partition coefficient (Wildman–Crippen LogP) is 15.9. The van der Waals surface area contributed by atoms with Gasteiger partial charge in [0.1, 0.15) is 17.1 Å². The van der Waals surface area contributed by atoms with E-state index in [1.54, 1.807) is 12.1 Å². The van der Waals surface area contributed by atoms with Gasteiger partial charge in [0, 0.05) is 40.1 Å². The van der Waals surface area contributed by atoms with Gasteiger partial charge in [0.05, 0.1) is 24.2 Å². The second-order valence-corrected chi connectivity index (χ2v) is 23.3. The van der Waals surface area contributed by atoms with E-state index in [0.29, 0.717) is 30.8 Å². The summed E-state index contributed by atoms with van der Waals surface area (Å²) in [7, 11) is 0. The van der Waals surface area contributed by atoms with E-state index in [0.717, 1.165) is 65.0 Å². The number of para-hydroxylation sites is 1. The Morgan fingerprint density at radius 2 is 0.985 bits per heavy atom. The molecular weight excluding hydrogens is 845 g/mol. The summed E-state index contributed by atoms with van der Waals surface area (Å²) in [5.41, 5.74) is 2.69. The third-order valence-electron chi connectivity index (χ3n) is 13.2. The zero-order chi connectivity index (χ0) is 50.5. The lowest BCUT2D eigenvalue weighted by atomic mass is 9.70. The molecule has 0 aliphatic rings. The van der Waals surface area contributed by atoms with Crippen LogP contribution in [0.25, 0.3) is 0 Å². The van der Waals surface area contributed by atoms with Crippen molar-refractivity contribution < 1.29 is 24.6 Å². The van der Waals surface area contributed by atoms with E-state index in [-0.39, 0.29) is 27.2 Å². The second kappa shape index (κ2) is 24.2. The number of nitrogens with zero attached hydrogens (tertiary/aromatic N) is 2. The summed E-state index contributed by atoms with van der Waals surface area (Å²) in [6.07, 6.45) is 15.7. The largest absolute Gasteiger partial charge is 0.502 e. The maximum absolute atomic E-state index is 14.6. The summed E-state index contributed by atoms with van der Waals surface area (Å²) in [4.78, 5) is 16.7. The lowest BCUT2D eigenvalue weighted by molar-refractivity contribution is -0.385. The Hall–Kier alpha value is -4.69. The number of hydrogen-bond donors (Lipinski definition) is 2. The third kappa shape index (κ3) is 14.9. The van der Waals surface area contributed by atoms with Crippen LogP contribution in [0.5, 0.6) is 17.2 Å². The van der Waals surface area contributed by atoms with Gasteiger partial charge in [-0.05, 0) is 87.9 Å². The molecule has 0 radical (unpaired) electrons. The fourth-order valence-electron chi connectivity index (χ4n) is 9.02. The summed E-state index contributed by atoms with van der Waals surface area (Å²) < 4.78 is 13.8. The lowest BCUT2D eigenvalue weighted by Gasteiger charge is -2.40. The molecular formula is C60H88N2O6. The van der Waals surface area contributed by atoms with Gasteiger partial charge in [-0.25, -0.2) is 0 Å². The molecule has 4 aromatic rings. The number of ether oxygens (including phenoxy) is 2. The lowest BCUT2D eigenvalue weighted by Crippen LogP contribution is -2.42. The molecule has 0 saturated heterocycles. The Kier molecular flexibility index (Phi) is 19.9. The highest BCUT2D eigenvalue weighted by Crippen LogP contribution is 2.49. The fourth-order valence-corrected chi connectivity index (χ4v) is 9.02. The normalized spacial score (nSPS) is 13.3. The van der Waals surface area contributed by atoms with Crippen molar-refractivity contribution in [2.75, 3.05) is 13.2 Å². The Bertz CT molecular complexity index is 2080. The Labute approximate surface area is 411 Å². The molecule has 0 aliphatic heterocycles. The minimum Gasteiger partial charge on any atom is -0.502 e. The van der Waals surface area contributed by atoms with Crippen LogP contribution in [-0.4, -0.2) is 40.6 Å². The number of aliphatic imine (C=N–C) groups is 1. The molecule has 0 saturated carbocycles. The summed E-state index contributed by atoms with van der Waals surface area (Å²) >= 11 is 0. The van der Waals surface area contributed by atoms with Crippen molar-refractivity contribution in [2.24, 2.45) is 4.99 Å². The molecule has 0 aromatic heterocycles. The summed E-state index contributed by atoms with van der Waals surface area (Å²) in [6, 6.07) is 22.1. The molecule has 0 bridgehead atoms. The molecule has 4 rings (SSSR count). The number of unbranched alkanes of at least 4 members (excludes halogenated alkanes) is 10. The maximum Gasteiger partial charge on any atom is 0.311 e. The second-order valence-electron chi connectivity index (χ2n) is 23.3. The molecule has 0 spiro atoms. The first-order valence-corrected chi connectivity index (χ1v) is 25.8. The van der Waals surface area contributed by atoms with E-state index in [9.17, 15) is 20.3 Å². The van der Waals surface area contributed by atoms with Crippen LogP contribution in [0, 0.1) is 10.1 Å². The monoisotopic (exact) mass is 933 g/mol. The van der Waals surface area contributed by atoms with Crippen LogP contribution in [0.4, 0.5) is 5.69 Å². The maximum atomic E-state index is 14.6. The van der Waals surface area contributed by atoms with Gasteiger partial charge < -0.3 is 19.7 Å². The zero-order valence-electron chi connectivity index (χ0n) is 44.6. The first-order valence-electron chi connectivity index (χ1n) is 25.8. The number of phenols is 1. The molecule has 68 heavy (non-hydrogen) atoms. The number of hydrogen-bond acceptors (Lipinski definition) is 7. The van der Waals surface area contributed by atoms with Gasteiger partial charge in [0.25, 0.3) is 0 Å². The predicted molar refractivity (Wildman–Crippen MR) is 285 cm³/mol. The molecule has 1 atom stereocenters. The van der Waals surface area contributed by atoms with E-state index in [1.165, 1.54) is 63.6 Å². The smallest absolute Gasteiger partial charge is 0.311 e. The third-order valence-corrected chi connectivity index (χ3v) is 13.2. The van der Waals surface area contributed by atoms with E-state index in [1.807, 2.05) is 30.3 Å². The fraction of sp³-hybridized carbons (Fsp3) is 0.583. The molecule has 0 amide bonds. The van der Waals surface area contributed by atoms with Gasteiger partial charge in [-0.2, -0.15) is 0 Å². The molecule has 2 N–H and O–H groups in total. The molecule has 4 aromatic carbocycles. The first-order chi connectivity index (χ1) is 31.8. The number of nitro groups is 1. The molecule has 8 nitrogen and oxygen atoms in total. The Morgan fingerprint density at radius 1 is 0.588 bits per heavy atom. The first kappa shape index (κ1) is 55.9. The average molecular weight is 933 g/mol. The van der Waals surface area contributed by atoms with Crippen LogP contribution in [-0.2, 0) is 33.7 Å². The van der Waals surface area contributed by atoms with Crippen LogP contribution < -0.4 is 9.47 Å². The van der Waals surface area contributed by atoms with Crippen LogP contribution in [0.2, 0.25) is 0 Å². The van der Waals surface area contributed by atoms with Gasteiger partial charge in [-0.15, -0.1) is 0 Å². The Balaban J connectivity index is 2.15. The van der Waals surface area contributed by atoms with Crippen molar-refractivity contribution in [3.63, 3.8) is 0 Å². The van der Waals surface area contributed by atoms with Gasteiger partial charge in [-0.1, -0.05) is 198 Å². The zero-order valence-corrected chi connectivity index (χ0v) is 44.6. The quantitative estimate of drug-likeness (QED) is 0.0313. The number of rotatable bonds is 24. The van der Waals surface area contributed by atoms with Crippen LogP contribution in [0.3, 0.4) is 0 Å². The van der Waals surface area contributed by atoms with Crippen molar-refractivity contribution in [3.05, 3.63) is 127 Å². The number of aliphatic hydroxyl groups is 1. The average Bonchev–Trinajstić information content (AvgIpc) is 3.25. The van der Waals surface area contributed by atoms with Crippen molar-refractivity contribution in [1.29, 1.82) is 0 Å². The highest BCUT2D eigenvalue weighted by atomic mass is 16.6. The summed E-state index contributed by atoms with van der Waals surface area (Å²) in [5.74, 6) is 1.24. The van der Waals surface area contributed by atoms with Crippen molar-refractivity contribution in [2.45, 2.75) is 214 Å².